The van der Waals surface area contributed by atoms with E-state index in [0.29, 0.717) is 24.3 Å². The van der Waals surface area contributed by atoms with Crippen LogP contribution >= 0.6 is 11.8 Å². The maximum absolute atomic E-state index is 13.8. The average molecular weight is 384 g/mol. The molecular formula is C19H25F3N3S+. The Balaban J connectivity index is 1.86. The number of nitrogens with zero attached hydrogens (tertiary/aromatic N) is 2. The molecule has 1 N–H and O–H groups in total. The minimum Gasteiger partial charge on any atom is -0.334 e. The maximum Gasteiger partial charge on any atom is 0.418 e. The number of hydrogen-bond donors (Lipinski definition) is 1. The van der Waals surface area contributed by atoms with E-state index < -0.39 is 11.7 Å². The van der Waals surface area contributed by atoms with Crippen LogP contribution < -0.4 is 4.90 Å². The zero-order valence-corrected chi connectivity index (χ0v) is 15.7. The number of aromatic nitrogens is 1. The topological polar surface area (TPSA) is 41.1 Å². The Morgan fingerprint density at radius 1 is 1.04 bits per heavy atom. The van der Waals surface area contributed by atoms with Gasteiger partial charge in [0.25, 0.3) is 0 Å². The molecule has 1 fully saturated rings. The van der Waals surface area contributed by atoms with Crippen molar-refractivity contribution < 1.29 is 18.1 Å². The lowest BCUT2D eigenvalue weighted by Gasteiger charge is -2.23. The van der Waals surface area contributed by atoms with Crippen LogP contribution in [0.25, 0.3) is 0 Å². The molecule has 1 saturated heterocycles. The first-order chi connectivity index (χ1) is 12.5. The number of quaternary nitrogens is 1. The molecule has 7 heteroatoms. The highest BCUT2D eigenvalue weighted by molar-refractivity contribution is 7.99. The van der Waals surface area contributed by atoms with Crippen molar-refractivity contribution in [2.45, 2.75) is 62.6 Å². The Hall–Kier alpha value is -1.26. The van der Waals surface area contributed by atoms with Crippen LogP contribution in [0.1, 0.15) is 60.9 Å². The summed E-state index contributed by atoms with van der Waals surface area (Å²) in [6, 6.07) is 1.82. The van der Waals surface area contributed by atoms with Crippen molar-refractivity contribution in [2.75, 3.05) is 25.4 Å². The van der Waals surface area contributed by atoms with Gasteiger partial charge in [0.2, 0.25) is 0 Å². The van der Waals surface area contributed by atoms with Crippen molar-refractivity contribution in [1.82, 2.24) is 4.98 Å². The third kappa shape index (κ3) is 4.52. The molecule has 3 nitrogen and oxygen atoms in total. The normalized spacial score (nSPS) is 18.8. The Morgan fingerprint density at radius 3 is 2.42 bits per heavy atom. The van der Waals surface area contributed by atoms with E-state index in [1.54, 1.807) is 0 Å². The van der Waals surface area contributed by atoms with Crippen LogP contribution in [0.4, 0.5) is 13.2 Å². The Labute approximate surface area is 157 Å². The molecule has 1 aromatic heterocycles. The molecule has 26 heavy (non-hydrogen) atoms. The Kier molecular flexibility index (Phi) is 6.46. The summed E-state index contributed by atoms with van der Waals surface area (Å²) in [5, 5.41) is 9.75. The highest BCUT2D eigenvalue weighted by atomic mass is 32.2. The molecule has 0 spiro atoms. The smallest absolute Gasteiger partial charge is 0.334 e. The van der Waals surface area contributed by atoms with E-state index >= 15 is 0 Å². The van der Waals surface area contributed by atoms with Gasteiger partial charge in [0.1, 0.15) is 11.1 Å². The molecule has 0 aromatic carbocycles. The van der Waals surface area contributed by atoms with E-state index in [4.69, 9.17) is 0 Å². The van der Waals surface area contributed by atoms with Gasteiger partial charge < -0.3 is 4.90 Å². The predicted molar refractivity (Wildman–Crippen MR) is 95.4 cm³/mol. The second-order valence-corrected chi connectivity index (χ2v) is 8.26. The molecule has 0 radical (unpaired) electrons. The Bertz CT molecular complexity index is 676. The molecule has 0 saturated carbocycles. The predicted octanol–water partition coefficient (Wildman–Crippen LogP) is 3.40. The maximum atomic E-state index is 13.8. The van der Waals surface area contributed by atoms with E-state index in [1.807, 2.05) is 6.07 Å². The van der Waals surface area contributed by atoms with Gasteiger partial charge in [-0.15, -0.1) is 0 Å². The molecule has 1 aromatic rings. The standard InChI is InChI=1S/C19H24F3N3S/c20-19(21,22)17-14-7-3-1-4-8-16(14)24-18(15(17)13-23)26-12-11-25-9-5-2-6-10-25/h1-12H2/p+1. The third-order valence-electron chi connectivity index (χ3n) is 5.34. The van der Waals surface area contributed by atoms with E-state index in [9.17, 15) is 18.4 Å². The molecule has 1 aliphatic carbocycles. The van der Waals surface area contributed by atoms with Gasteiger partial charge in [0, 0.05) is 11.4 Å². The fourth-order valence-electron chi connectivity index (χ4n) is 4.01. The molecule has 3 rings (SSSR count). The number of fused-ring (bicyclic) bond motifs is 1. The molecule has 0 amide bonds. The summed E-state index contributed by atoms with van der Waals surface area (Å²) in [5.74, 6) is 0.701. The number of alkyl halides is 3. The van der Waals surface area contributed by atoms with Crippen molar-refractivity contribution in [3.63, 3.8) is 0 Å². The number of hydrogen-bond acceptors (Lipinski definition) is 3. The summed E-state index contributed by atoms with van der Waals surface area (Å²) >= 11 is 1.32. The minimum absolute atomic E-state index is 0.262. The van der Waals surface area contributed by atoms with Crippen LogP contribution in [0.2, 0.25) is 0 Å². The van der Waals surface area contributed by atoms with Crippen LogP contribution in [0.5, 0.6) is 0 Å². The first kappa shape index (κ1) is 19.5. The van der Waals surface area contributed by atoms with Crippen LogP contribution in [-0.4, -0.2) is 30.4 Å². The van der Waals surface area contributed by atoms with Crippen molar-refractivity contribution >= 4 is 11.8 Å². The lowest BCUT2D eigenvalue weighted by atomic mass is 9.97. The number of likely N-dealkylation sites (tertiary alicyclic amines) is 1. The molecule has 142 valence electrons. The first-order valence-corrected chi connectivity index (χ1v) is 10.5. The van der Waals surface area contributed by atoms with E-state index in [1.165, 1.54) is 35.9 Å². The summed E-state index contributed by atoms with van der Waals surface area (Å²) < 4.78 is 41.3. The second kappa shape index (κ2) is 8.62. The number of halogens is 3. The van der Waals surface area contributed by atoms with E-state index in [-0.39, 0.29) is 16.2 Å². The minimum atomic E-state index is -4.50. The summed E-state index contributed by atoms with van der Waals surface area (Å²) in [5.41, 5.74) is -0.171. The molecule has 2 heterocycles. The van der Waals surface area contributed by atoms with Gasteiger partial charge in [-0.1, -0.05) is 18.2 Å². The molecule has 1 aliphatic heterocycles. The third-order valence-corrected chi connectivity index (χ3v) is 6.32. The van der Waals surface area contributed by atoms with E-state index in [0.717, 1.165) is 38.9 Å². The lowest BCUT2D eigenvalue weighted by Crippen LogP contribution is -3.13. The van der Waals surface area contributed by atoms with Crippen molar-refractivity contribution in [3.05, 3.63) is 22.4 Å². The molecular weight excluding hydrogens is 359 g/mol. The van der Waals surface area contributed by atoms with Crippen LogP contribution in [-0.2, 0) is 19.0 Å². The summed E-state index contributed by atoms with van der Waals surface area (Å²) in [7, 11) is 0. The lowest BCUT2D eigenvalue weighted by molar-refractivity contribution is -0.902. The van der Waals surface area contributed by atoms with Gasteiger partial charge in [-0.2, -0.15) is 18.4 Å². The average Bonchev–Trinajstić information content (AvgIpc) is 2.85. The zero-order valence-electron chi connectivity index (χ0n) is 14.9. The number of rotatable bonds is 4. The van der Waals surface area contributed by atoms with Crippen LogP contribution in [0.3, 0.4) is 0 Å². The number of piperidine rings is 1. The number of aryl methyl sites for hydroxylation is 1. The number of nitriles is 1. The summed E-state index contributed by atoms with van der Waals surface area (Å²) in [4.78, 5) is 6.04. The van der Waals surface area contributed by atoms with Gasteiger partial charge in [0.05, 0.1) is 30.8 Å². The van der Waals surface area contributed by atoms with Gasteiger partial charge in [-0.25, -0.2) is 4.98 Å². The van der Waals surface area contributed by atoms with Gasteiger partial charge >= 0.3 is 6.18 Å². The SMILES string of the molecule is N#Cc1c(SCC[NH+]2CCCCC2)nc2c(c1C(F)(F)F)CCCCC2. The highest BCUT2D eigenvalue weighted by Gasteiger charge is 2.39. The van der Waals surface area contributed by atoms with Crippen molar-refractivity contribution in [1.29, 1.82) is 5.26 Å². The van der Waals surface area contributed by atoms with Gasteiger partial charge in [0.15, 0.2) is 0 Å². The van der Waals surface area contributed by atoms with Crippen molar-refractivity contribution in [3.8, 4) is 6.07 Å². The van der Waals surface area contributed by atoms with Crippen LogP contribution in [0.15, 0.2) is 5.03 Å². The number of pyridine rings is 1. The van der Waals surface area contributed by atoms with Gasteiger partial charge in [-0.3, -0.25) is 0 Å². The molecule has 0 bridgehead atoms. The monoisotopic (exact) mass is 384 g/mol. The fourth-order valence-corrected chi connectivity index (χ4v) is 5.06. The summed E-state index contributed by atoms with van der Waals surface area (Å²) in [6.45, 7) is 3.18. The zero-order chi connectivity index (χ0) is 18.6. The second-order valence-electron chi connectivity index (χ2n) is 7.17. The fraction of sp³-hybridized carbons (Fsp3) is 0.684. The quantitative estimate of drug-likeness (QED) is 0.639. The summed E-state index contributed by atoms with van der Waals surface area (Å²) in [6.07, 6.45) is 2.67. The Morgan fingerprint density at radius 2 is 1.73 bits per heavy atom. The number of thioether (sulfide) groups is 1. The van der Waals surface area contributed by atoms with E-state index in [2.05, 4.69) is 4.98 Å². The van der Waals surface area contributed by atoms with Crippen LogP contribution in [0, 0.1) is 11.3 Å². The first-order valence-electron chi connectivity index (χ1n) is 9.50. The van der Waals surface area contributed by atoms with Gasteiger partial charge in [-0.05, 0) is 50.5 Å². The highest BCUT2D eigenvalue weighted by Crippen LogP contribution is 2.40. The van der Waals surface area contributed by atoms with Crippen molar-refractivity contribution in [2.24, 2.45) is 0 Å². The molecule has 0 atom stereocenters. The molecule has 0 unspecified atom stereocenters. The molecule has 2 aliphatic rings. The number of nitrogens with one attached hydrogen (secondary N) is 1. The largest absolute Gasteiger partial charge is 0.418 e.